The number of hydrogen-bond donors (Lipinski definition) is 0. The standard InChI is InChI=1S/C7H13N3S.2C2H6/c1-6(2)11-5-7-4-10(3)9-8-7;2*1-2/h4,6H,5H2,1-3H3;2*1-2H3. The molecule has 4 heteroatoms. The number of thioether (sulfide) groups is 1. The van der Waals surface area contributed by atoms with Crippen LogP contribution in [0.1, 0.15) is 47.2 Å². The predicted molar refractivity (Wildman–Crippen MR) is 70.1 cm³/mol. The average Bonchev–Trinajstić information content (AvgIpc) is 2.67. The third-order valence-electron chi connectivity index (χ3n) is 1.21. The van der Waals surface area contributed by atoms with Crippen molar-refractivity contribution in [3.8, 4) is 0 Å². The third-order valence-corrected chi connectivity index (χ3v) is 2.34. The zero-order valence-corrected chi connectivity index (χ0v) is 11.9. The maximum Gasteiger partial charge on any atom is 0.0925 e. The Morgan fingerprint density at radius 1 is 1.27 bits per heavy atom. The van der Waals surface area contributed by atoms with Crippen LogP contribution in [0.15, 0.2) is 6.20 Å². The smallest absolute Gasteiger partial charge is 0.0925 e. The molecule has 0 bridgehead atoms. The molecule has 0 radical (unpaired) electrons. The van der Waals surface area contributed by atoms with E-state index >= 15 is 0 Å². The molecule has 0 aliphatic heterocycles. The summed E-state index contributed by atoms with van der Waals surface area (Å²) >= 11 is 1.88. The molecule has 90 valence electrons. The zero-order chi connectivity index (χ0) is 12.3. The van der Waals surface area contributed by atoms with Crippen LogP contribution in [0.3, 0.4) is 0 Å². The monoisotopic (exact) mass is 231 g/mol. The SMILES string of the molecule is CC.CC.CC(C)SCc1cn(C)nn1. The second-order valence-corrected chi connectivity index (χ2v) is 4.31. The van der Waals surface area contributed by atoms with E-state index in [1.54, 1.807) is 4.68 Å². The third kappa shape index (κ3) is 9.79. The minimum absolute atomic E-state index is 0.664. The van der Waals surface area contributed by atoms with Gasteiger partial charge in [0, 0.05) is 19.0 Å². The van der Waals surface area contributed by atoms with Crippen molar-refractivity contribution < 1.29 is 0 Å². The van der Waals surface area contributed by atoms with Gasteiger partial charge in [-0.2, -0.15) is 11.8 Å². The lowest BCUT2D eigenvalue weighted by molar-refractivity contribution is 0.714. The van der Waals surface area contributed by atoms with Crippen LogP contribution in [-0.4, -0.2) is 20.2 Å². The molecule has 0 atom stereocenters. The molecule has 0 saturated carbocycles. The lowest BCUT2D eigenvalue weighted by atomic mass is 10.5. The molecule has 1 rings (SSSR count). The topological polar surface area (TPSA) is 30.7 Å². The quantitative estimate of drug-likeness (QED) is 0.797. The van der Waals surface area contributed by atoms with Gasteiger partial charge < -0.3 is 0 Å². The maximum atomic E-state index is 3.98. The Bertz CT molecular complexity index is 221. The number of aryl methyl sites for hydroxylation is 1. The second-order valence-electron chi connectivity index (χ2n) is 2.74. The lowest BCUT2D eigenvalue weighted by Gasteiger charge is -1.99. The van der Waals surface area contributed by atoms with E-state index in [1.807, 2.05) is 52.7 Å². The molecule has 1 aromatic heterocycles. The van der Waals surface area contributed by atoms with Gasteiger partial charge in [0.15, 0.2) is 0 Å². The van der Waals surface area contributed by atoms with Gasteiger partial charge in [0.05, 0.1) is 5.69 Å². The van der Waals surface area contributed by atoms with Gasteiger partial charge in [-0.05, 0) is 5.25 Å². The van der Waals surface area contributed by atoms with Gasteiger partial charge in [0.2, 0.25) is 0 Å². The second kappa shape index (κ2) is 11.6. The van der Waals surface area contributed by atoms with E-state index in [0.29, 0.717) is 5.25 Å². The molecule has 0 amide bonds. The minimum atomic E-state index is 0.664. The number of nitrogens with zero attached hydrogens (tertiary/aromatic N) is 3. The van der Waals surface area contributed by atoms with Gasteiger partial charge in [-0.1, -0.05) is 46.8 Å². The van der Waals surface area contributed by atoms with Crippen molar-refractivity contribution in [2.24, 2.45) is 7.05 Å². The summed E-state index contributed by atoms with van der Waals surface area (Å²) in [5, 5.41) is 8.49. The van der Waals surface area contributed by atoms with Crippen molar-refractivity contribution in [2.45, 2.75) is 52.5 Å². The van der Waals surface area contributed by atoms with E-state index in [1.165, 1.54) is 0 Å². The van der Waals surface area contributed by atoms with Crippen LogP contribution in [0.5, 0.6) is 0 Å². The highest BCUT2D eigenvalue weighted by atomic mass is 32.2. The zero-order valence-electron chi connectivity index (χ0n) is 11.1. The fourth-order valence-electron chi connectivity index (χ4n) is 0.713. The summed E-state index contributed by atoms with van der Waals surface area (Å²) < 4.78 is 1.73. The highest BCUT2D eigenvalue weighted by molar-refractivity contribution is 7.99. The van der Waals surface area contributed by atoms with E-state index in [-0.39, 0.29) is 0 Å². The number of aromatic nitrogens is 3. The van der Waals surface area contributed by atoms with Crippen LogP contribution >= 0.6 is 11.8 Å². The van der Waals surface area contributed by atoms with Gasteiger partial charge >= 0.3 is 0 Å². The van der Waals surface area contributed by atoms with E-state index in [2.05, 4.69) is 24.2 Å². The molecule has 0 saturated heterocycles. The van der Waals surface area contributed by atoms with Crippen LogP contribution in [0.25, 0.3) is 0 Å². The summed E-state index contributed by atoms with van der Waals surface area (Å²) in [7, 11) is 1.89. The fourth-order valence-corrected chi connectivity index (χ4v) is 1.35. The predicted octanol–water partition coefficient (Wildman–Crippen LogP) is 3.51. The van der Waals surface area contributed by atoms with Gasteiger partial charge in [-0.3, -0.25) is 4.68 Å². The Balaban J connectivity index is 0. The molecule has 0 unspecified atom stereocenters. The Morgan fingerprint density at radius 2 is 1.80 bits per heavy atom. The average molecular weight is 231 g/mol. The summed E-state index contributed by atoms with van der Waals surface area (Å²) in [6.07, 6.45) is 1.95. The molecule has 1 heterocycles. The normalized spacial score (nSPS) is 8.80. The Morgan fingerprint density at radius 3 is 2.13 bits per heavy atom. The first-order valence-electron chi connectivity index (χ1n) is 5.65. The molecule has 0 fully saturated rings. The van der Waals surface area contributed by atoms with Crippen LogP contribution < -0.4 is 0 Å². The van der Waals surface area contributed by atoms with Crippen molar-refractivity contribution in [3.63, 3.8) is 0 Å². The van der Waals surface area contributed by atoms with Crippen LogP contribution in [0.2, 0.25) is 0 Å². The molecule has 15 heavy (non-hydrogen) atoms. The molecule has 0 aliphatic rings. The van der Waals surface area contributed by atoms with Crippen LogP contribution in [0.4, 0.5) is 0 Å². The molecular weight excluding hydrogens is 206 g/mol. The molecule has 0 spiro atoms. The largest absolute Gasteiger partial charge is 0.255 e. The molecule has 0 N–H and O–H groups in total. The van der Waals surface area contributed by atoms with Crippen LogP contribution in [-0.2, 0) is 12.8 Å². The van der Waals surface area contributed by atoms with Crippen molar-refractivity contribution in [3.05, 3.63) is 11.9 Å². The van der Waals surface area contributed by atoms with Crippen LogP contribution in [0, 0.1) is 0 Å². The minimum Gasteiger partial charge on any atom is -0.255 e. The number of rotatable bonds is 3. The van der Waals surface area contributed by atoms with E-state index in [9.17, 15) is 0 Å². The summed E-state index contributed by atoms with van der Waals surface area (Å²) in [4.78, 5) is 0. The first-order valence-corrected chi connectivity index (χ1v) is 6.70. The van der Waals surface area contributed by atoms with Crippen molar-refractivity contribution >= 4 is 11.8 Å². The van der Waals surface area contributed by atoms with Crippen molar-refractivity contribution in [1.82, 2.24) is 15.0 Å². The van der Waals surface area contributed by atoms with Gasteiger partial charge in [0.1, 0.15) is 0 Å². The van der Waals surface area contributed by atoms with Gasteiger partial charge in [0.25, 0.3) is 0 Å². The highest BCUT2D eigenvalue weighted by Crippen LogP contribution is 2.14. The maximum absolute atomic E-state index is 3.98. The summed E-state index contributed by atoms with van der Waals surface area (Å²) in [5.74, 6) is 0.964. The van der Waals surface area contributed by atoms with Crippen molar-refractivity contribution in [2.75, 3.05) is 0 Å². The Kier molecular flexibility index (Phi) is 13.0. The Labute approximate surface area is 98.6 Å². The van der Waals surface area contributed by atoms with E-state index in [4.69, 9.17) is 0 Å². The highest BCUT2D eigenvalue weighted by Gasteiger charge is 1.99. The molecule has 1 aromatic rings. The van der Waals surface area contributed by atoms with E-state index in [0.717, 1.165) is 11.4 Å². The van der Waals surface area contributed by atoms with E-state index < -0.39 is 0 Å². The first-order chi connectivity index (χ1) is 7.18. The Hall–Kier alpha value is -0.510. The summed E-state index contributed by atoms with van der Waals surface area (Å²) in [5.41, 5.74) is 1.06. The number of hydrogen-bond acceptors (Lipinski definition) is 3. The fraction of sp³-hybridized carbons (Fsp3) is 0.818. The molecule has 0 aromatic carbocycles. The molecule has 0 aliphatic carbocycles. The first kappa shape index (κ1) is 16.9. The van der Waals surface area contributed by atoms with Gasteiger partial charge in [-0.25, -0.2) is 0 Å². The molecular formula is C11H25N3S. The summed E-state index contributed by atoms with van der Waals surface area (Å²) in [6, 6.07) is 0. The van der Waals surface area contributed by atoms with Gasteiger partial charge in [-0.15, -0.1) is 5.10 Å². The molecule has 3 nitrogen and oxygen atoms in total. The van der Waals surface area contributed by atoms with Crippen molar-refractivity contribution in [1.29, 1.82) is 0 Å². The lowest BCUT2D eigenvalue weighted by Crippen LogP contribution is -1.88. The summed E-state index contributed by atoms with van der Waals surface area (Å²) in [6.45, 7) is 12.4.